The molecule has 0 N–H and O–H groups in total. The molecule has 1 aromatic rings. The summed E-state index contributed by atoms with van der Waals surface area (Å²) in [6.07, 6.45) is 4.15. The third-order valence-electron chi connectivity index (χ3n) is 2.61. The fraction of sp³-hybridized carbons (Fsp3) is 0.571. The first-order valence-corrected chi connectivity index (χ1v) is 6.56. The molecule has 0 radical (unpaired) electrons. The first-order chi connectivity index (χ1) is 7.77. The minimum Gasteiger partial charge on any atom is -0.493 e. The van der Waals surface area contributed by atoms with Crippen molar-refractivity contribution >= 4 is 11.6 Å². The minimum absolute atomic E-state index is 0.205. The van der Waals surface area contributed by atoms with Crippen molar-refractivity contribution in [2.75, 3.05) is 6.61 Å². The molecular weight excluding hydrogens is 220 g/mol. The van der Waals surface area contributed by atoms with Crippen molar-refractivity contribution in [1.82, 2.24) is 0 Å². The fourth-order valence-corrected chi connectivity index (χ4v) is 1.69. The molecule has 1 atom stereocenters. The highest BCUT2D eigenvalue weighted by atomic mass is 35.5. The minimum atomic E-state index is 0.205. The lowest BCUT2D eigenvalue weighted by Crippen LogP contribution is -2.05. The van der Waals surface area contributed by atoms with Crippen LogP contribution in [-0.4, -0.2) is 12.0 Å². The van der Waals surface area contributed by atoms with Crippen LogP contribution in [0.5, 0.6) is 5.75 Å². The molecule has 1 unspecified atom stereocenters. The number of benzene rings is 1. The number of unbranched alkanes of at least 4 members (excludes halogenated alkanes) is 1. The summed E-state index contributed by atoms with van der Waals surface area (Å²) in [4.78, 5) is 0. The van der Waals surface area contributed by atoms with Crippen molar-refractivity contribution in [1.29, 1.82) is 0 Å². The van der Waals surface area contributed by atoms with Crippen molar-refractivity contribution < 1.29 is 4.74 Å². The summed E-state index contributed by atoms with van der Waals surface area (Å²) in [7, 11) is 0. The van der Waals surface area contributed by atoms with Crippen molar-refractivity contribution in [3.63, 3.8) is 0 Å². The largest absolute Gasteiger partial charge is 0.493 e. The maximum absolute atomic E-state index is 6.18. The predicted molar refractivity (Wildman–Crippen MR) is 70.5 cm³/mol. The number of hydrogen-bond acceptors (Lipinski definition) is 1. The number of halogens is 1. The fourth-order valence-electron chi connectivity index (χ4n) is 1.52. The van der Waals surface area contributed by atoms with Crippen LogP contribution in [0.15, 0.2) is 24.3 Å². The van der Waals surface area contributed by atoms with E-state index in [0.29, 0.717) is 0 Å². The number of ether oxygens (including phenoxy) is 1. The van der Waals surface area contributed by atoms with Gasteiger partial charge < -0.3 is 4.74 Å². The maximum Gasteiger partial charge on any atom is 0.122 e. The van der Waals surface area contributed by atoms with Crippen LogP contribution in [0.3, 0.4) is 0 Å². The number of alkyl halides is 1. The Morgan fingerprint density at radius 3 is 2.69 bits per heavy atom. The highest BCUT2D eigenvalue weighted by Crippen LogP contribution is 2.22. The molecule has 0 heterocycles. The lowest BCUT2D eigenvalue weighted by atomic mass is 10.1. The molecule has 1 nitrogen and oxygen atoms in total. The summed E-state index contributed by atoms with van der Waals surface area (Å²) >= 11 is 6.18. The Hall–Kier alpha value is -0.690. The normalized spacial score (nSPS) is 12.4. The average molecular weight is 241 g/mol. The zero-order valence-corrected chi connectivity index (χ0v) is 11.0. The van der Waals surface area contributed by atoms with Crippen LogP contribution in [0.1, 0.15) is 38.7 Å². The third kappa shape index (κ3) is 4.44. The van der Waals surface area contributed by atoms with Gasteiger partial charge >= 0.3 is 0 Å². The van der Waals surface area contributed by atoms with Crippen molar-refractivity contribution in [3.05, 3.63) is 29.8 Å². The summed E-state index contributed by atoms with van der Waals surface area (Å²) in [5, 5.41) is 0.205. The van der Waals surface area contributed by atoms with Crippen LogP contribution in [0.2, 0.25) is 0 Å². The van der Waals surface area contributed by atoms with Gasteiger partial charge in [0.05, 0.1) is 6.61 Å². The topological polar surface area (TPSA) is 9.23 Å². The molecule has 0 fully saturated rings. The van der Waals surface area contributed by atoms with Crippen molar-refractivity contribution in [2.24, 2.45) is 0 Å². The highest BCUT2D eigenvalue weighted by Gasteiger charge is 2.08. The first-order valence-electron chi connectivity index (χ1n) is 6.12. The molecule has 1 aromatic carbocycles. The Kier molecular flexibility index (Phi) is 6.32. The summed E-state index contributed by atoms with van der Waals surface area (Å²) in [5.41, 5.74) is 1.22. The van der Waals surface area contributed by atoms with Gasteiger partial charge in [-0.15, -0.1) is 11.6 Å². The molecule has 0 aliphatic rings. The predicted octanol–water partition coefficient (Wildman–Crippen LogP) is 4.43. The van der Waals surface area contributed by atoms with Crippen LogP contribution in [-0.2, 0) is 6.42 Å². The summed E-state index contributed by atoms with van der Waals surface area (Å²) in [5.74, 6) is 0.995. The molecule has 0 aliphatic heterocycles. The molecule has 0 saturated heterocycles. The molecule has 90 valence electrons. The Balaban J connectivity index is 2.60. The summed E-state index contributed by atoms with van der Waals surface area (Å²) < 4.78 is 5.76. The van der Waals surface area contributed by atoms with E-state index in [9.17, 15) is 0 Å². The second-order valence-electron chi connectivity index (χ2n) is 4.02. The SMILES string of the molecule is CCCCOc1ccccc1CC(Cl)CC. The van der Waals surface area contributed by atoms with Gasteiger partial charge in [-0.2, -0.15) is 0 Å². The zero-order valence-electron chi connectivity index (χ0n) is 10.2. The summed E-state index contributed by atoms with van der Waals surface area (Å²) in [6, 6.07) is 8.19. The molecule has 1 rings (SSSR count). The zero-order chi connectivity index (χ0) is 11.8. The number of hydrogen-bond donors (Lipinski definition) is 0. The van der Waals surface area contributed by atoms with Gasteiger partial charge in [-0.05, 0) is 30.9 Å². The van der Waals surface area contributed by atoms with Crippen LogP contribution >= 0.6 is 11.6 Å². The van der Waals surface area contributed by atoms with Gasteiger partial charge in [0.15, 0.2) is 0 Å². The van der Waals surface area contributed by atoms with Gasteiger partial charge in [0.25, 0.3) is 0 Å². The molecule has 0 aliphatic carbocycles. The van der Waals surface area contributed by atoms with Gasteiger partial charge in [-0.25, -0.2) is 0 Å². The Morgan fingerprint density at radius 1 is 1.25 bits per heavy atom. The number of para-hydroxylation sites is 1. The molecule has 0 aromatic heterocycles. The highest BCUT2D eigenvalue weighted by molar-refractivity contribution is 6.20. The third-order valence-corrected chi connectivity index (χ3v) is 3.08. The van der Waals surface area contributed by atoms with Crippen molar-refractivity contribution in [2.45, 2.75) is 44.9 Å². The van der Waals surface area contributed by atoms with E-state index in [2.05, 4.69) is 19.9 Å². The molecule has 0 saturated carbocycles. The van der Waals surface area contributed by atoms with Crippen LogP contribution in [0.4, 0.5) is 0 Å². The standard InChI is InChI=1S/C14H21ClO/c1-3-5-10-16-14-9-7-6-8-12(14)11-13(15)4-2/h6-9,13H,3-5,10-11H2,1-2H3. The van der Waals surface area contributed by atoms with Crippen LogP contribution in [0, 0.1) is 0 Å². The van der Waals surface area contributed by atoms with E-state index in [1.165, 1.54) is 5.56 Å². The Labute approximate surface area is 104 Å². The van der Waals surface area contributed by atoms with Gasteiger partial charge in [0.2, 0.25) is 0 Å². The van der Waals surface area contributed by atoms with Crippen molar-refractivity contribution in [3.8, 4) is 5.75 Å². The van der Waals surface area contributed by atoms with E-state index in [-0.39, 0.29) is 5.38 Å². The lowest BCUT2D eigenvalue weighted by Gasteiger charge is -2.13. The average Bonchev–Trinajstić information content (AvgIpc) is 2.31. The van der Waals surface area contributed by atoms with Crippen LogP contribution < -0.4 is 4.74 Å². The van der Waals surface area contributed by atoms with Gasteiger partial charge in [0.1, 0.15) is 5.75 Å². The molecule has 2 heteroatoms. The van der Waals surface area contributed by atoms with E-state index in [4.69, 9.17) is 16.3 Å². The smallest absolute Gasteiger partial charge is 0.122 e. The van der Waals surface area contributed by atoms with Gasteiger partial charge in [-0.3, -0.25) is 0 Å². The molecule has 16 heavy (non-hydrogen) atoms. The molecule has 0 amide bonds. The van der Waals surface area contributed by atoms with E-state index < -0.39 is 0 Å². The van der Waals surface area contributed by atoms with Gasteiger partial charge in [-0.1, -0.05) is 38.5 Å². The Morgan fingerprint density at radius 2 is 2.00 bits per heavy atom. The number of rotatable bonds is 7. The quantitative estimate of drug-likeness (QED) is 0.506. The monoisotopic (exact) mass is 240 g/mol. The first kappa shape index (κ1) is 13.4. The van der Waals surface area contributed by atoms with E-state index in [0.717, 1.165) is 38.0 Å². The molecule has 0 spiro atoms. The second kappa shape index (κ2) is 7.56. The van der Waals surface area contributed by atoms with E-state index in [1.54, 1.807) is 0 Å². The maximum atomic E-state index is 6.18. The second-order valence-corrected chi connectivity index (χ2v) is 4.64. The van der Waals surface area contributed by atoms with E-state index in [1.807, 2.05) is 18.2 Å². The molecule has 0 bridgehead atoms. The lowest BCUT2D eigenvalue weighted by molar-refractivity contribution is 0.306. The van der Waals surface area contributed by atoms with E-state index >= 15 is 0 Å². The van der Waals surface area contributed by atoms with Gasteiger partial charge in [0, 0.05) is 5.38 Å². The van der Waals surface area contributed by atoms with Crippen LogP contribution in [0.25, 0.3) is 0 Å². The Bertz CT molecular complexity index is 299. The summed E-state index contributed by atoms with van der Waals surface area (Å²) in [6.45, 7) is 5.08. The molecular formula is C14H21ClO.